The van der Waals surface area contributed by atoms with E-state index in [4.69, 9.17) is 4.74 Å². The molecule has 0 aliphatic heterocycles. The maximum atomic E-state index is 13.3. The van der Waals surface area contributed by atoms with Gasteiger partial charge in [0.15, 0.2) is 6.61 Å². The fraction of sp³-hybridized carbons (Fsp3) is 0.562. The van der Waals surface area contributed by atoms with Crippen LogP contribution in [0, 0.1) is 5.82 Å². The molecule has 0 spiro atoms. The molecular formula is C16H25FN2O2. The van der Waals surface area contributed by atoms with E-state index in [1.165, 1.54) is 12.1 Å². The number of ether oxygens (including phenoxy) is 1. The van der Waals surface area contributed by atoms with E-state index in [0.29, 0.717) is 17.9 Å². The molecule has 0 aliphatic carbocycles. The first-order valence-electron chi connectivity index (χ1n) is 7.51. The van der Waals surface area contributed by atoms with Crippen LogP contribution in [-0.2, 0) is 11.3 Å². The Bertz CT molecular complexity index is 448. The van der Waals surface area contributed by atoms with Crippen molar-refractivity contribution in [2.75, 3.05) is 13.2 Å². The Labute approximate surface area is 126 Å². The Morgan fingerprint density at radius 2 is 2.00 bits per heavy atom. The van der Waals surface area contributed by atoms with Gasteiger partial charge in [-0.05, 0) is 37.6 Å². The highest BCUT2D eigenvalue weighted by Crippen LogP contribution is 2.19. The molecule has 21 heavy (non-hydrogen) atoms. The van der Waals surface area contributed by atoms with Gasteiger partial charge in [-0.25, -0.2) is 4.39 Å². The summed E-state index contributed by atoms with van der Waals surface area (Å²) >= 11 is 0. The summed E-state index contributed by atoms with van der Waals surface area (Å²) in [6.07, 6.45) is 1.79. The predicted octanol–water partition coefficient (Wildman–Crippen LogP) is 2.62. The quantitative estimate of drug-likeness (QED) is 0.736. The van der Waals surface area contributed by atoms with Gasteiger partial charge in [0, 0.05) is 18.2 Å². The van der Waals surface area contributed by atoms with Gasteiger partial charge in [-0.15, -0.1) is 0 Å². The van der Waals surface area contributed by atoms with E-state index in [1.807, 2.05) is 20.8 Å². The van der Waals surface area contributed by atoms with Crippen LogP contribution in [0.3, 0.4) is 0 Å². The predicted molar refractivity (Wildman–Crippen MR) is 81.8 cm³/mol. The minimum absolute atomic E-state index is 0.0543. The molecule has 1 aromatic carbocycles. The number of carbonyl (C=O) groups excluding carboxylic acids is 1. The third-order valence-corrected chi connectivity index (χ3v) is 3.30. The molecule has 5 heteroatoms. The van der Waals surface area contributed by atoms with E-state index in [-0.39, 0.29) is 24.4 Å². The van der Waals surface area contributed by atoms with Crippen molar-refractivity contribution < 1.29 is 13.9 Å². The summed E-state index contributed by atoms with van der Waals surface area (Å²) in [5, 5.41) is 6.03. The highest BCUT2D eigenvalue weighted by Gasteiger charge is 2.11. The largest absolute Gasteiger partial charge is 0.483 e. The van der Waals surface area contributed by atoms with E-state index < -0.39 is 0 Å². The molecular weight excluding hydrogens is 271 g/mol. The van der Waals surface area contributed by atoms with Crippen LogP contribution in [0.4, 0.5) is 4.39 Å². The van der Waals surface area contributed by atoms with Gasteiger partial charge in [0.1, 0.15) is 11.6 Å². The Kier molecular flexibility index (Phi) is 7.75. The molecule has 0 saturated heterocycles. The summed E-state index contributed by atoms with van der Waals surface area (Å²) in [6, 6.07) is 4.50. The normalized spacial score (nSPS) is 10.7. The van der Waals surface area contributed by atoms with Gasteiger partial charge in [-0.3, -0.25) is 4.79 Å². The Morgan fingerprint density at radius 3 is 2.62 bits per heavy atom. The van der Waals surface area contributed by atoms with Gasteiger partial charge in [0.2, 0.25) is 0 Å². The summed E-state index contributed by atoms with van der Waals surface area (Å²) in [4.78, 5) is 11.8. The number of halogens is 1. The molecule has 0 aliphatic rings. The van der Waals surface area contributed by atoms with Gasteiger partial charge in [-0.2, -0.15) is 0 Å². The molecule has 0 heterocycles. The van der Waals surface area contributed by atoms with Crippen molar-refractivity contribution in [2.45, 2.75) is 46.2 Å². The monoisotopic (exact) mass is 296 g/mol. The van der Waals surface area contributed by atoms with Crippen LogP contribution in [0.15, 0.2) is 18.2 Å². The summed E-state index contributed by atoms with van der Waals surface area (Å²) in [7, 11) is 0. The summed E-state index contributed by atoms with van der Waals surface area (Å²) < 4.78 is 18.8. The zero-order valence-corrected chi connectivity index (χ0v) is 13.0. The van der Waals surface area contributed by atoms with Crippen molar-refractivity contribution in [1.29, 1.82) is 0 Å². The standard InChI is InChI=1S/C16H25FN2O2/c1-4-14(5-2)19-16(20)11-21-15-8-7-13(17)9-12(15)10-18-6-3/h7-9,14,18H,4-6,10-11H2,1-3H3,(H,19,20). The highest BCUT2D eigenvalue weighted by molar-refractivity contribution is 5.77. The van der Waals surface area contributed by atoms with Crippen LogP contribution in [0.25, 0.3) is 0 Å². The molecule has 0 saturated carbocycles. The molecule has 4 nitrogen and oxygen atoms in total. The number of nitrogens with one attached hydrogen (secondary N) is 2. The molecule has 2 N–H and O–H groups in total. The van der Waals surface area contributed by atoms with Crippen molar-refractivity contribution in [3.05, 3.63) is 29.6 Å². The first kappa shape index (κ1) is 17.4. The maximum Gasteiger partial charge on any atom is 0.258 e. The fourth-order valence-electron chi connectivity index (χ4n) is 1.99. The van der Waals surface area contributed by atoms with E-state index in [2.05, 4.69) is 10.6 Å². The average Bonchev–Trinajstić information content (AvgIpc) is 2.49. The van der Waals surface area contributed by atoms with E-state index in [9.17, 15) is 9.18 Å². The topological polar surface area (TPSA) is 50.4 Å². The van der Waals surface area contributed by atoms with Gasteiger partial charge in [0.05, 0.1) is 0 Å². The smallest absolute Gasteiger partial charge is 0.258 e. The van der Waals surface area contributed by atoms with Crippen LogP contribution >= 0.6 is 0 Å². The highest BCUT2D eigenvalue weighted by atomic mass is 19.1. The van der Waals surface area contributed by atoms with E-state index >= 15 is 0 Å². The van der Waals surface area contributed by atoms with E-state index in [0.717, 1.165) is 19.4 Å². The second-order valence-electron chi connectivity index (χ2n) is 4.90. The molecule has 0 aromatic heterocycles. The van der Waals surface area contributed by atoms with Gasteiger partial charge in [-0.1, -0.05) is 20.8 Å². The summed E-state index contributed by atoms with van der Waals surface area (Å²) in [5.74, 6) is 0.0798. The lowest BCUT2D eigenvalue weighted by Crippen LogP contribution is -2.37. The average molecular weight is 296 g/mol. The number of hydrogen-bond donors (Lipinski definition) is 2. The second kappa shape index (κ2) is 9.34. The number of amides is 1. The molecule has 0 unspecified atom stereocenters. The molecule has 1 amide bonds. The van der Waals surface area contributed by atoms with Gasteiger partial charge >= 0.3 is 0 Å². The molecule has 0 fully saturated rings. The molecule has 1 aromatic rings. The lowest BCUT2D eigenvalue weighted by atomic mass is 10.2. The number of carbonyl (C=O) groups is 1. The van der Waals surface area contributed by atoms with Crippen molar-refractivity contribution in [2.24, 2.45) is 0 Å². The number of rotatable bonds is 9. The van der Waals surface area contributed by atoms with Gasteiger partial charge in [0.25, 0.3) is 5.91 Å². The minimum atomic E-state index is -0.309. The van der Waals surface area contributed by atoms with Crippen LogP contribution in [-0.4, -0.2) is 25.1 Å². The third-order valence-electron chi connectivity index (χ3n) is 3.30. The molecule has 0 atom stereocenters. The number of benzene rings is 1. The molecule has 0 bridgehead atoms. The zero-order chi connectivity index (χ0) is 15.7. The second-order valence-corrected chi connectivity index (χ2v) is 4.90. The van der Waals surface area contributed by atoms with Crippen molar-refractivity contribution in [3.8, 4) is 5.75 Å². The minimum Gasteiger partial charge on any atom is -0.483 e. The van der Waals surface area contributed by atoms with Crippen molar-refractivity contribution in [3.63, 3.8) is 0 Å². The van der Waals surface area contributed by atoms with Crippen molar-refractivity contribution >= 4 is 5.91 Å². The first-order valence-corrected chi connectivity index (χ1v) is 7.51. The Morgan fingerprint density at radius 1 is 1.29 bits per heavy atom. The number of hydrogen-bond acceptors (Lipinski definition) is 3. The van der Waals surface area contributed by atoms with E-state index in [1.54, 1.807) is 6.07 Å². The third kappa shape index (κ3) is 6.12. The zero-order valence-electron chi connectivity index (χ0n) is 13.0. The molecule has 0 radical (unpaired) electrons. The van der Waals surface area contributed by atoms with Crippen molar-refractivity contribution in [1.82, 2.24) is 10.6 Å². The van der Waals surface area contributed by atoms with Crippen LogP contribution in [0.1, 0.15) is 39.2 Å². The molecule has 118 valence electrons. The first-order chi connectivity index (χ1) is 10.1. The Hall–Kier alpha value is -1.62. The SMILES string of the molecule is CCNCc1cc(F)ccc1OCC(=O)NC(CC)CC. The van der Waals surface area contributed by atoms with Gasteiger partial charge < -0.3 is 15.4 Å². The molecule has 1 rings (SSSR count). The lowest BCUT2D eigenvalue weighted by Gasteiger charge is -2.16. The Balaban J connectivity index is 2.59. The fourth-order valence-corrected chi connectivity index (χ4v) is 1.99. The lowest BCUT2D eigenvalue weighted by molar-refractivity contribution is -0.123. The summed E-state index contributed by atoms with van der Waals surface area (Å²) in [5.41, 5.74) is 0.715. The van der Waals surface area contributed by atoms with Crippen LogP contribution < -0.4 is 15.4 Å². The summed E-state index contributed by atoms with van der Waals surface area (Å²) in [6.45, 7) is 7.28. The maximum absolute atomic E-state index is 13.3. The van der Waals surface area contributed by atoms with Crippen LogP contribution in [0.2, 0.25) is 0 Å². The van der Waals surface area contributed by atoms with Crippen LogP contribution in [0.5, 0.6) is 5.75 Å².